The van der Waals surface area contributed by atoms with Gasteiger partial charge in [-0.15, -0.1) is 0 Å². The van der Waals surface area contributed by atoms with Crippen molar-refractivity contribution in [2.24, 2.45) is 0 Å². The Morgan fingerprint density at radius 2 is 1.49 bits per heavy atom. The molecule has 9 heteroatoms. The zero-order chi connectivity index (χ0) is 25.9. The number of esters is 1. The molecule has 0 fully saturated rings. The van der Waals surface area contributed by atoms with Crippen molar-refractivity contribution in [2.45, 2.75) is 12.0 Å². The normalized spacial score (nSPS) is 12.9. The fraction of sp³-hybridized carbons (Fsp3) is 0.0714. The van der Waals surface area contributed by atoms with Gasteiger partial charge in [-0.05, 0) is 18.2 Å². The third-order valence-electron chi connectivity index (χ3n) is 5.91. The Bertz CT molecular complexity index is 1460. The van der Waals surface area contributed by atoms with Gasteiger partial charge in [-0.1, -0.05) is 78.3 Å². The van der Waals surface area contributed by atoms with E-state index in [1.165, 1.54) is 12.1 Å². The fourth-order valence-electron chi connectivity index (χ4n) is 4.17. The topological polar surface area (TPSA) is 108 Å². The van der Waals surface area contributed by atoms with Gasteiger partial charge in [-0.25, -0.2) is 0 Å². The molecule has 0 bridgehead atoms. The van der Waals surface area contributed by atoms with Crippen LogP contribution in [-0.4, -0.2) is 16.8 Å². The Kier molecular flexibility index (Phi) is 6.57. The Hall–Kier alpha value is -4.69. The number of hydrogen-bond donors (Lipinski definition) is 1. The zero-order valence-corrected chi connectivity index (χ0v) is 19.9. The van der Waals surface area contributed by atoms with Crippen LogP contribution in [0.4, 0.5) is 11.4 Å². The lowest BCUT2D eigenvalue weighted by atomic mass is 9.88. The van der Waals surface area contributed by atoms with E-state index >= 15 is 0 Å². The third kappa shape index (κ3) is 4.87. The Morgan fingerprint density at radius 3 is 2.08 bits per heavy atom. The number of halogens is 1. The van der Waals surface area contributed by atoms with Gasteiger partial charge in [-0.3, -0.25) is 19.7 Å². The maximum absolute atomic E-state index is 13.7. The van der Waals surface area contributed by atoms with Crippen LogP contribution in [-0.2, 0) is 14.3 Å². The molecule has 5 rings (SSSR count). The Balaban J connectivity index is 1.47. The first-order chi connectivity index (χ1) is 17.9. The van der Waals surface area contributed by atoms with E-state index in [1.54, 1.807) is 66.7 Å². The van der Waals surface area contributed by atoms with Crippen molar-refractivity contribution in [3.05, 3.63) is 129 Å². The summed E-state index contributed by atoms with van der Waals surface area (Å²) in [7, 11) is 0. The first-order valence-electron chi connectivity index (χ1n) is 11.3. The van der Waals surface area contributed by atoms with Crippen molar-refractivity contribution in [3.8, 4) is 11.5 Å². The van der Waals surface area contributed by atoms with Crippen LogP contribution in [0.15, 0.2) is 97.1 Å². The van der Waals surface area contributed by atoms with Crippen LogP contribution in [0.5, 0.6) is 11.5 Å². The smallest absolute Gasteiger partial charge is 0.319 e. The van der Waals surface area contributed by atoms with Gasteiger partial charge in [-0.2, -0.15) is 0 Å². The lowest BCUT2D eigenvalue weighted by Gasteiger charge is -2.28. The van der Waals surface area contributed by atoms with Crippen molar-refractivity contribution in [1.29, 1.82) is 0 Å². The lowest BCUT2D eigenvalue weighted by molar-refractivity contribution is -0.384. The predicted molar refractivity (Wildman–Crippen MR) is 137 cm³/mol. The van der Waals surface area contributed by atoms with Crippen molar-refractivity contribution in [1.82, 2.24) is 0 Å². The maximum Gasteiger partial charge on any atom is 0.319 e. The van der Waals surface area contributed by atoms with E-state index in [9.17, 15) is 19.7 Å². The number of para-hydroxylation sites is 2. The first kappa shape index (κ1) is 24.0. The second-order valence-electron chi connectivity index (χ2n) is 8.25. The molecule has 184 valence electrons. The van der Waals surface area contributed by atoms with Crippen molar-refractivity contribution >= 4 is 34.9 Å². The number of amides is 1. The molecule has 4 aromatic carbocycles. The number of hydrogen-bond acceptors (Lipinski definition) is 6. The summed E-state index contributed by atoms with van der Waals surface area (Å²) in [5, 5.41) is 13.6. The van der Waals surface area contributed by atoms with Crippen LogP contribution < -0.4 is 10.1 Å². The third-order valence-corrected chi connectivity index (χ3v) is 6.22. The SMILES string of the molecule is O=C(Nc1ccc([N+](=O)[O-])cc1Cl)C(OC(=O)C1c2ccccc2Oc2ccccc21)c1ccccc1. The van der Waals surface area contributed by atoms with Gasteiger partial charge in [0.2, 0.25) is 6.10 Å². The molecular formula is C28H19ClN2O6. The van der Waals surface area contributed by atoms with Crippen LogP contribution in [0.3, 0.4) is 0 Å². The molecule has 0 aromatic heterocycles. The summed E-state index contributed by atoms with van der Waals surface area (Å²) in [6.45, 7) is 0. The van der Waals surface area contributed by atoms with E-state index < -0.39 is 28.8 Å². The Morgan fingerprint density at radius 1 is 0.892 bits per heavy atom. The van der Waals surface area contributed by atoms with Gasteiger partial charge in [0.25, 0.3) is 11.6 Å². The van der Waals surface area contributed by atoms with E-state index in [-0.39, 0.29) is 16.4 Å². The minimum absolute atomic E-state index is 0.0204. The lowest BCUT2D eigenvalue weighted by Crippen LogP contribution is -2.29. The molecule has 0 aliphatic carbocycles. The number of nitro benzene ring substituents is 1. The quantitative estimate of drug-likeness (QED) is 0.181. The van der Waals surface area contributed by atoms with E-state index in [0.29, 0.717) is 28.2 Å². The number of anilines is 1. The van der Waals surface area contributed by atoms with Crippen molar-refractivity contribution in [3.63, 3.8) is 0 Å². The molecule has 0 saturated carbocycles. The zero-order valence-electron chi connectivity index (χ0n) is 19.2. The molecule has 0 radical (unpaired) electrons. The highest BCUT2D eigenvalue weighted by molar-refractivity contribution is 6.34. The minimum Gasteiger partial charge on any atom is -0.457 e. The molecule has 1 aliphatic heterocycles. The molecule has 4 aromatic rings. The van der Waals surface area contributed by atoms with Crippen LogP contribution in [0, 0.1) is 10.1 Å². The Labute approximate surface area is 216 Å². The summed E-state index contributed by atoms with van der Waals surface area (Å²) < 4.78 is 11.8. The van der Waals surface area contributed by atoms with Crippen LogP contribution in [0.2, 0.25) is 5.02 Å². The van der Waals surface area contributed by atoms with Gasteiger partial charge in [0.1, 0.15) is 17.4 Å². The summed E-state index contributed by atoms with van der Waals surface area (Å²) in [6.07, 6.45) is -1.32. The second kappa shape index (κ2) is 10.1. The van der Waals surface area contributed by atoms with E-state index in [1.807, 2.05) is 12.1 Å². The largest absolute Gasteiger partial charge is 0.457 e. The molecule has 1 amide bonds. The molecule has 1 heterocycles. The van der Waals surface area contributed by atoms with Crippen molar-refractivity contribution < 1.29 is 24.0 Å². The maximum atomic E-state index is 13.7. The molecule has 0 saturated heterocycles. The molecule has 37 heavy (non-hydrogen) atoms. The first-order valence-corrected chi connectivity index (χ1v) is 11.7. The second-order valence-corrected chi connectivity index (χ2v) is 8.66. The van der Waals surface area contributed by atoms with E-state index in [2.05, 4.69) is 5.32 Å². The predicted octanol–water partition coefficient (Wildman–Crippen LogP) is 6.41. The number of benzene rings is 4. The summed E-state index contributed by atoms with van der Waals surface area (Å²) in [6, 6.07) is 26.6. The number of carbonyl (C=O) groups is 2. The molecule has 0 spiro atoms. The summed E-state index contributed by atoms with van der Waals surface area (Å²) in [5.41, 5.74) is 1.62. The highest BCUT2D eigenvalue weighted by atomic mass is 35.5. The number of carbonyl (C=O) groups excluding carboxylic acids is 2. The van der Waals surface area contributed by atoms with Gasteiger partial charge in [0, 0.05) is 28.8 Å². The number of nitrogens with zero attached hydrogens (tertiary/aromatic N) is 1. The molecule has 8 nitrogen and oxygen atoms in total. The van der Waals surface area contributed by atoms with E-state index in [0.717, 1.165) is 6.07 Å². The summed E-state index contributed by atoms with van der Waals surface area (Å²) in [5.74, 6) is -1.06. The van der Waals surface area contributed by atoms with Gasteiger partial charge in [0.05, 0.1) is 15.6 Å². The number of nitro groups is 1. The van der Waals surface area contributed by atoms with Crippen LogP contribution in [0.25, 0.3) is 0 Å². The van der Waals surface area contributed by atoms with Gasteiger partial charge < -0.3 is 14.8 Å². The highest BCUT2D eigenvalue weighted by Gasteiger charge is 2.36. The monoisotopic (exact) mass is 514 g/mol. The van der Waals surface area contributed by atoms with Crippen LogP contribution >= 0.6 is 11.6 Å². The number of rotatable bonds is 6. The van der Waals surface area contributed by atoms with Gasteiger partial charge >= 0.3 is 5.97 Å². The van der Waals surface area contributed by atoms with Crippen molar-refractivity contribution in [2.75, 3.05) is 5.32 Å². The standard InChI is InChI=1S/C28H19ClN2O6/c29-21-16-18(31(34)35)14-15-22(21)30-27(32)26(17-8-2-1-3-9-17)37-28(33)25-19-10-4-6-12-23(19)36-24-13-7-5-11-20(24)25/h1-16,25-26H,(H,30,32). The molecule has 1 N–H and O–H groups in total. The molecular weight excluding hydrogens is 496 g/mol. The van der Waals surface area contributed by atoms with E-state index in [4.69, 9.17) is 21.1 Å². The number of fused-ring (bicyclic) bond motifs is 2. The van der Waals surface area contributed by atoms with Gasteiger partial charge in [0.15, 0.2) is 0 Å². The average molecular weight is 515 g/mol. The number of non-ortho nitro benzene ring substituents is 1. The molecule has 1 atom stereocenters. The summed E-state index contributed by atoms with van der Waals surface area (Å²) in [4.78, 5) is 37.5. The van der Waals surface area contributed by atoms with Crippen LogP contribution in [0.1, 0.15) is 28.7 Å². The summed E-state index contributed by atoms with van der Waals surface area (Å²) >= 11 is 6.17. The number of ether oxygens (including phenoxy) is 2. The fourth-order valence-corrected chi connectivity index (χ4v) is 4.39. The molecule has 1 aliphatic rings. The molecule has 1 unspecified atom stereocenters. The minimum atomic E-state index is -1.32. The average Bonchev–Trinajstić information content (AvgIpc) is 2.91. The number of nitrogens with one attached hydrogen (secondary N) is 1. The highest BCUT2D eigenvalue weighted by Crippen LogP contribution is 2.45.